The predicted molar refractivity (Wildman–Crippen MR) is 123 cm³/mol. The van der Waals surface area contributed by atoms with Gasteiger partial charge in [0.05, 0.1) is 0 Å². The van der Waals surface area contributed by atoms with Gasteiger partial charge in [0.1, 0.15) is 0 Å². The Kier molecular flexibility index (Phi) is 4.60. The molecular weight excluding hydrogens is 336 g/mol. The van der Waals surface area contributed by atoms with Gasteiger partial charge < -0.3 is 0 Å². The summed E-state index contributed by atoms with van der Waals surface area (Å²) in [5.74, 6) is 0.621. The molecule has 0 N–H and O–H groups in total. The Balaban J connectivity index is 1.89. The van der Waals surface area contributed by atoms with Gasteiger partial charge in [-0.1, -0.05) is 76.6 Å². The number of fused-ring (bicyclic) bond motifs is 2. The van der Waals surface area contributed by atoms with Crippen molar-refractivity contribution in [1.29, 1.82) is 0 Å². The lowest BCUT2D eigenvalue weighted by atomic mass is 9.62. The lowest BCUT2D eigenvalue weighted by molar-refractivity contribution is 0.332. The van der Waals surface area contributed by atoms with Crippen molar-refractivity contribution in [3.05, 3.63) is 69.8 Å². The summed E-state index contributed by atoms with van der Waals surface area (Å²) in [6, 6.07) is 14.4. The fraction of sp³-hybridized carbons (Fsp3) is 0.500. The molecule has 0 radical (unpaired) electrons. The van der Waals surface area contributed by atoms with Crippen LogP contribution in [0.2, 0.25) is 0 Å². The molecule has 0 bridgehead atoms. The fourth-order valence-corrected chi connectivity index (χ4v) is 5.52. The number of rotatable bonds is 1. The minimum atomic E-state index is 0.263. The summed E-state index contributed by atoms with van der Waals surface area (Å²) in [4.78, 5) is 0. The number of benzene rings is 2. The van der Waals surface area contributed by atoms with Crippen molar-refractivity contribution in [2.75, 3.05) is 0 Å². The van der Waals surface area contributed by atoms with E-state index in [4.69, 9.17) is 0 Å². The molecule has 4 rings (SSSR count). The number of allylic oxidation sites excluding steroid dienone is 2. The third-order valence-corrected chi connectivity index (χ3v) is 7.58. The molecule has 0 aliphatic heterocycles. The van der Waals surface area contributed by atoms with E-state index in [1.807, 2.05) is 0 Å². The van der Waals surface area contributed by atoms with Gasteiger partial charge in [0.15, 0.2) is 0 Å². The Hall–Kier alpha value is -1.82. The van der Waals surface area contributed by atoms with Gasteiger partial charge in [-0.2, -0.15) is 0 Å². The largest absolute Gasteiger partial charge is 0.0587 e. The van der Waals surface area contributed by atoms with Crippen LogP contribution in [0.25, 0.3) is 11.1 Å². The molecule has 2 aromatic carbocycles. The summed E-state index contributed by atoms with van der Waals surface area (Å²) in [5.41, 5.74) is 12.5. The summed E-state index contributed by atoms with van der Waals surface area (Å²) in [6.45, 7) is 16.6. The quantitative estimate of drug-likeness (QED) is 0.478. The molecular formula is C28H36. The van der Waals surface area contributed by atoms with E-state index in [1.165, 1.54) is 53.5 Å². The molecule has 1 unspecified atom stereocenters. The fourth-order valence-electron chi connectivity index (χ4n) is 5.52. The molecule has 0 heteroatoms. The number of hydrogen-bond donors (Lipinski definition) is 0. The van der Waals surface area contributed by atoms with Crippen LogP contribution in [0.3, 0.4) is 0 Å². The molecule has 2 aromatic rings. The van der Waals surface area contributed by atoms with E-state index >= 15 is 0 Å². The van der Waals surface area contributed by atoms with Crippen LogP contribution in [0, 0.1) is 12.8 Å². The first-order valence-electron chi connectivity index (χ1n) is 11.1. The van der Waals surface area contributed by atoms with Crippen molar-refractivity contribution >= 4 is 11.1 Å². The van der Waals surface area contributed by atoms with E-state index < -0.39 is 0 Å². The summed E-state index contributed by atoms with van der Waals surface area (Å²) in [7, 11) is 0. The number of aryl methyl sites for hydroxylation is 2. The summed E-state index contributed by atoms with van der Waals surface area (Å²) < 4.78 is 0. The van der Waals surface area contributed by atoms with Crippen molar-refractivity contribution < 1.29 is 0 Å². The van der Waals surface area contributed by atoms with Crippen LogP contribution in [-0.2, 0) is 17.3 Å². The maximum atomic E-state index is 2.52. The van der Waals surface area contributed by atoms with E-state index in [9.17, 15) is 0 Å². The first-order chi connectivity index (χ1) is 13.1. The number of hydrogen-bond acceptors (Lipinski definition) is 0. The lowest BCUT2D eigenvalue weighted by Gasteiger charge is -2.42. The molecule has 0 aromatic heterocycles. The molecule has 1 atom stereocenters. The molecule has 2 aliphatic carbocycles. The lowest BCUT2D eigenvalue weighted by Crippen LogP contribution is -2.33. The Morgan fingerprint density at radius 1 is 0.893 bits per heavy atom. The zero-order chi connectivity index (χ0) is 20.3. The van der Waals surface area contributed by atoms with Crippen LogP contribution in [0.4, 0.5) is 0 Å². The normalized spacial score (nSPS) is 24.3. The van der Waals surface area contributed by atoms with Crippen LogP contribution in [0.15, 0.2) is 36.4 Å². The van der Waals surface area contributed by atoms with Gasteiger partial charge in [0, 0.05) is 0 Å². The van der Waals surface area contributed by atoms with Gasteiger partial charge in [0.25, 0.3) is 0 Å². The van der Waals surface area contributed by atoms with Gasteiger partial charge in [-0.05, 0) is 95.2 Å². The molecule has 0 fully saturated rings. The highest BCUT2D eigenvalue weighted by Crippen LogP contribution is 2.47. The van der Waals surface area contributed by atoms with Crippen molar-refractivity contribution in [1.82, 2.24) is 0 Å². The average molecular weight is 373 g/mol. The molecule has 0 heterocycles. The molecule has 2 aliphatic rings. The van der Waals surface area contributed by atoms with Crippen molar-refractivity contribution in [2.24, 2.45) is 5.92 Å². The highest BCUT2D eigenvalue weighted by molar-refractivity contribution is 5.92. The molecule has 0 saturated carbocycles. The van der Waals surface area contributed by atoms with E-state index in [-0.39, 0.29) is 10.8 Å². The summed E-state index contributed by atoms with van der Waals surface area (Å²) in [5, 5.41) is 0. The monoisotopic (exact) mass is 372 g/mol. The molecule has 28 heavy (non-hydrogen) atoms. The smallest absolute Gasteiger partial charge is 0.0100 e. The maximum Gasteiger partial charge on any atom is -0.0100 e. The van der Waals surface area contributed by atoms with E-state index in [0.29, 0.717) is 5.92 Å². The minimum Gasteiger partial charge on any atom is -0.0587 e. The molecule has 148 valence electrons. The van der Waals surface area contributed by atoms with Gasteiger partial charge in [-0.3, -0.25) is 0 Å². The standard InChI is InChI=1S/C28H36/c1-18-8-12-23-22(16-18)10-9-19(2)26(23)20(3)21-11-13-24-25(17-21)28(6,7)15-14-27(24,4)5/h8,11-13,16-17,19H,9-10,14-15H2,1-7H3/b26-20-. The summed E-state index contributed by atoms with van der Waals surface area (Å²) >= 11 is 0. The van der Waals surface area contributed by atoms with Crippen LogP contribution >= 0.6 is 0 Å². The van der Waals surface area contributed by atoms with Crippen LogP contribution < -0.4 is 0 Å². The van der Waals surface area contributed by atoms with Gasteiger partial charge >= 0.3 is 0 Å². The van der Waals surface area contributed by atoms with Gasteiger partial charge in [0.2, 0.25) is 0 Å². The molecule has 0 amide bonds. The van der Waals surface area contributed by atoms with Crippen LogP contribution in [0.1, 0.15) is 94.2 Å². The van der Waals surface area contributed by atoms with Crippen molar-refractivity contribution in [3.8, 4) is 0 Å². The third-order valence-electron chi connectivity index (χ3n) is 7.58. The second-order valence-electron chi connectivity index (χ2n) is 10.7. The highest BCUT2D eigenvalue weighted by Gasteiger charge is 2.37. The van der Waals surface area contributed by atoms with Gasteiger partial charge in [-0.15, -0.1) is 0 Å². The predicted octanol–water partition coefficient (Wildman–Crippen LogP) is 7.86. The minimum absolute atomic E-state index is 0.263. The van der Waals surface area contributed by atoms with Crippen LogP contribution in [0.5, 0.6) is 0 Å². The second-order valence-corrected chi connectivity index (χ2v) is 10.7. The third kappa shape index (κ3) is 3.15. The van der Waals surface area contributed by atoms with Crippen LogP contribution in [-0.4, -0.2) is 0 Å². The summed E-state index contributed by atoms with van der Waals surface area (Å²) in [6.07, 6.45) is 5.01. The Morgan fingerprint density at radius 2 is 1.57 bits per heavy atom. The molecule has 0 nitrogen and oxygen atoms in total. The zero-order valence-corrected chi connectivity index (χ0v) is 18.9. The Bertz CT molecular complexity index is 952. The molecule has 0 spiro atoms. The highest BCUT2D eigenvalue weighted by atomic mass is 14.4. The Morgan fingerprint density at radius 3 is 2.29 bits per heavy atom. The average Bonchev–Trinajstić information content (AvgIpc) is 2.65. The second kappa shape index (κ2) is 6.61. The SMILES string of the molecule is C/C(=C1/c2ccc(C)cc2CCC1C)c1ccc2c(c1)C(C)(C)CCC2(C)C. The molecule has 0 saturated heterocycles. The first-order valence-corrected chi connectivity index (χ1v) is 11.1. The van der Waals surface area contributed by atoms with Crippen molar-refractivity contribution in [2.45, 2.75) is 85.0 Å². The van der Waals surface area contributed by atoms with Gasteiger partial charge in [-0.25, -0.2) is 0 Å². The van der Waals surface area contributed by atoms with Crippen molar-refractivity contribution in [3.63, 3.8) is 0 Å². The maximum absolute atomic E-state index is 2.52. The van der Waals surface area contributed by atoms with E-state index in [2.05, 4.69) is 84.9 Å². The topological polar surface area (TPSA) is 0 Å². The van der Waals surface area contributed by atoms with E-state index in [1.54, 1.807) is 16.7 Å². The Labute approximate surface area is 172 Å². The first kappa shape index (κ1) is 19.5. The zero-order valence-electron chi connectivity index (χ0n) is 18.9. The van der Waals surface area contributed by atoms with E-state index in [0.717, 1.165) is 0 Å².